The third-order valence-electron chi connectivity index (χ3n) is 2.25. The Hall–Kier alpha value is -1.35. The number of allylic oxidation sites excluding steroid dienone is 4. The molecule has 1 aliphatic heterocycles. The van der Waals surface area contributed by atoms with Gasteiger partial charge in [0.15, 0.2) is 6.26 Å². The molecule has 1 heterocycles. The second-order valence-electron chi connectivity index (χ2n) is 3.17. The van der Waals surface area contributed by atoms with Crippen molar-refractivity contribution in [2.75, 3.05) is 7.05 Å². The first-order valence-electron chi connectivity index (χ1n) is 4.64. The Morgan fingerprint density at radius 1 is 1.33 bits per heavy atom. The minimum Gasteiger partial charge on any atom is -0.464 e. The van der Waals surface area contributed by atoms with Crippen LogP contribution in [0.1, 0.15) is 12.8 Å². The van der Waals surface area contributed by atoms with Crippen LogP contribution in [0.4, 0.5) is 0 Å². The second kappa shape index (κ2) is 5.51. The first-order valence-corrected chi connectivity index (χ1v) is 4.64. The lowest BCUT2D eigenvalue weighted by Gasteiger charge is -2.25. The van der Waals surface area contributed by atoms with Gasteiger partial charge >= 0.3 is 0 Å². The first kappa shape index (κ1) is 11.7. The van der Waals surface area contributed by atoms with Crippen molar-refractivity contribution in [2.45, 2.75) is 12.8 Å². The summed E-state index contributed by atoms with van der Waals surface area (Å²) in [5.74, 6) is 0.717. The van der Waals surface area contributed by atoms with Crippen LogP contribution in [-0.2, 0) is 9.47 Å². The summed E-state index contributed by atoms with van der Waals surface area (Å²) in [6, 6.07) is 0. The Kier molecular flexibility index (Phi) is 4.31. The molecule has 0 aromatic rings. The van der Waals surface area contributed by atoms with Crippen LogP contribution in [0.15, 0.2) is 48.6 Å². The van der Waals surface area contributed by atoms with Gasteiger partial charge in [0.05, 0.1) is 0 Å². The SMILES string of the molecule is CN(C1=CC=CCC1)C1=COC=CO1.Cl. The molecule has 4 heteroatoms. The third-order valence-corrected chi connectivity index (χ3v) is 2.25. The van der Waals surface area contributed by atoms with E-state index in [4.69, 9.17) is 9.47 Å². The van der Waals surface area contributed by atoms with Crippen LogP contribution < -0.4 is 0 Å². The summed E-state index contributed by atoms with van der Waals surface area (Å²) in [5.41, 5.74) is 1.23. The van der Waals surface area contributed by atoms with Crippen LogP contribution in [0.5, 0.6) is 0 Å². The summed E-state index contributed by atoms with van der Waals surface area (Å²) in [7, 11) is 1.97. The minimum atomic E-state index is 0. The Balaban J connectivity index is 0.00000112. The quantitative estimate of drug-likeness (QED) is 0.724. The average Bonchev–Trinajstić information content (AvgIpc) is 2.30. The number of rotatable bonds is 2. The molecule has 0 N–H and O–H groups in total. The number of hydrogen-bond acceptors (Lipinski definition) is 3. The van der Waals surface area contributed by atoms with Crippen LogP contribution >= 0.6 is 12.4 Å². The van der Waals surface area contributed by atoms with Crippen molar-refractivity contribution in [3.05, 3.63) is 48.6 Å². The molecule has 15 heavy (non-hydrogen) atoms. The number of ether oxygens (including phenoxy) is 2. The highest BCUT2D eigenvalue weighted by Crippen LogP contribution is 2.21. The fraction of sp³-hybridized carbons (Fsp3) is 0.273. The van der Waals surface area contributed by atoms with Gasteiger partial charge in [-0.3, -0.25) is 0 Å². The zero-order valence-corrected chi connectivity index (χ0v) is 9.37. The lowest BCUT2D eigenvalue weighted by Crippen LogP contribution is -2.19. The zero-order chi connectivity index (χ0) is 9.80. The van der Waals surface area contributed by atoms with Crippen molar-refractivity contribution in [3.8, 4) is 0 Å². The maximum absolute atomic E-state index is 5.31. The van der Waals surface area contributed by atoms with Crippen LogP contribution in [0.25, 0.3) is 0 Å². The molecule has 0 fully saturated rings. The summed E-state index contributed by atoms with van der Waals surface area (Å²) in [4.78, 5) is 1.99. The highest BCUT2D eigenvalue weighted by atomic mass is 35.5. The van der Waals surface area contributed by atoms with Gasteiger partial charge in [0.2, 0.25) is 5.88 Å². The van der Waals surface area contributed by atoms with E-state index in [9.17, 15) is 0 Å². The fourth-order valence-corrected chi connectivity index (χ4v) is 1.42. The van der Waals surface area contributed by atoms with E-state index >= 15 is 0 Å². The van der Waals surface area contributed by atoms with Crippen LogP contribution in [0.2, 0.25) is 0 Å². The molecule has 2 aliphatic rings. The molecule has 0 atom stereocenters. The first-order chi connectivity index (χ1) is 6.88. The molecule has 0 saturated heterocycles. The summed E-state index contributed by atoms with van der Waals surface area (Å²) in [6.07, 6.45) is 13.1. The molecular formula is C11H14ClNO2. The van der Waals surface area contributed by atoms with E-state index in [0.29, 0.717) is 5.88 Å². The molecule has 0 amide bonds. The van der Waals surface area contributed by atoms with Crippen molar-refractivity contribution in [2.24, 2.45) is 0 Å². The van der Waals surface area contributed by atoms with Gasteiger partial charge in [0, 0.05) is 12.7 Å². The average molecular weight is 228 g/mol. The van der Waals surface area contributed by atoms with E-state index in [1.807, 2.05) is 11.9 Å². The maximum Gasteiger partial charge on any atom is 0.234 e. The van der Waals surface area contributed by atoms with Gasteiger partial charge in [-0.25, -0.2) is 0 Å². The van der Waals surface area contributed by atoms with E-state index in [1.165, 1.54) is 18.2 Å². The van der Waals surface area contributed by atoms with E-state index in [1.54, 1.807) is 6.26 Å². The number of halogens is 1. The highest BCUT2D eigenvalue weighted by Gasteiger charge is 2.13. The predicted octanol–water partition coefficient (Wildman–Crippen LogP) is 2.89. The Morgan fingerprint density at radius 3 is 2.80 bits per heavy atom. The number of hydrogen-bond donors (Lipinski definition) is 0. The molecule has 0 aromatic carbocycles. The van der Waals surface area contributed by atoms with Crippen LogP contribution in [0.3, 0.4) is 0 Å². The number of nitrogens with zero attached hydrogens (tertiary/aromatic N) is 1. The Labute approximate surface area is 95.8 Å². The zero-order valence-electron chi connectivity index (χ0n) is 8.55. The van der Waals surface area contributed by atoms with E-state index in [-0.39, 0.29) is 12.4 Å². The van der Waals surface area contributed by atoms with Crippen molar-refractivity contribution >= 4 is 12.4 Å². The van der Waals surface area contributed by atoms with Gasteiger partial charge in [-0.05, 0) is 18.9 Å². The van der Waals surface area contributed by atoms with Crippen molar-refractivity contribution in [1.82, 2.24) is 4.90 Å². The lowest BCUT2D eigenvalue weighted by atomic mass is 10.1. The molecule has 0 radical (unpaired) electrons. The lowest BCUT2D eigenvalue weighted by molar-refractivity contribution is 0.180. The molecule has 0 spiro atoms. The van der Waals surface area contributed by atoms with Crippen molar-refractivity contribution < 1.29 is 9.47 Å². The van der Waals surface area contributed by atoms with Gasteiger partial charge < -0.3 is 14.4 Å². The molecule has 0 saturated carbocycles. The summed E-state index contributed by atoms with van der Waals surface area (Å²) in [5, 5.41) is 0. The van der Waals surface area contributed by atoms with Crippen molar-refractivity contribution in [1.29, 1.82) is 0 Å². The fourth-order valence-electron chi connectivity index (χ4n) is 1.42. The largest absolute Gasteiger partial charge is 0.464 e. The van der Waals surface area contributed by atoms with Crippen LogP contribution in [-0.4, -0.2) is 11.9 Å². The Morgan fingerprint density at radius 2 is 2.20 bits per heavy atom. The second-order valence-corrected chi connectivity index (χ2v) is 3.17. The molecule has 1 aliphatic carbocycles. The molecule has 0 aromatic heterocycles. The van der Waals surface area contributed by atoms with E-state index in [2.05, 4.69) is 18.2 Å². The van der Waals surface area contributed by atoms with Gasteiger partial charge in [0.25, 0.3) is 0 Å². The van der Waals surface area contributed by atoms with Gasteiger partial charge in [0.1, 0.15) is 12.5 Å². The molecule has 2 rings (SSSR count). The van der Waals surface area contributed by atoms with Crippen molar-refractivity contribution in [3.63, 3.8) is 0 Å². The van der Waals surface area contributed by atoms with Gasteiger partial charge in [-0.2, -0.15) is 0 Å². The maximum atomic E-state index is 5.31. The van der Waals surface area contributed by atoms with E-state index in [0.717, 1.165) is 12.8 Å². The smallest absolute Gasteiger partial charge is 0.234 e. The summed E-state index contributed by atoms with van der Waals surface area (Å²) < 4.78 is 10.3. The minimum absolute atomic E-state index is 0. The molecular weight excluding hydrogens is 214 g/mol. The normalized spacial score (nSPS) is 17.9. The summed E-state index contributed by atoms with van der Waals surface area (Å²) >= 11 is 0. The molecule has 0 unspecified atom stereocenters. The van der Waals surface area contributed by atoms with Crippen LogP contribution in [0, 0.1) is 0 Å². The molecule has 0 bridgehead atoms. The predicted molar refractivity (Wildman–Crippen MR) is 60.9 cm³/mol. The van der Waals surface area contributed by atoms with Gasteiger partial charge in [-0.1, -0.05) is 12.2 Å². The topological polar surface area (TPSA) is 21.7 Å². The van der Waals surface area contributed by atoms with E-state index < -0.39 is 0 Å². The Bertz CT molecular complexity index is 331. The third kappa shape index (κ3) is 2.80. The van der Waals surface area contributed by atoms with Gasteiger partial charge in [-0.15, -0.1) is 12.4 Å². The summed E-state index contributed by atoms with van der Waals surface area (Å²) in [6.45, 7) is 0. The standard InChI is InChI=1S/C11H13NO2.ClH/c1-12(10-5-3-2-4-6-10)11-9-13-7-8-14-11;/h2-3,5,7-9H,4,6H2,1H3;1H. The molecule has 82 valence electrons. The highest BCUT2D eigenvalue weighted by molar-refractivity contribution is 5.85. The molecule has 3 nitrogen and oxygen atoms in total. The monoisotopic (exact) mass is 227 g/mol.